The Balaban J connectivity index is 0.000000223. The van der Waals surface area contributed by atoms with Crippen molar-refractivity contribution in [3.05, 3.63) is 42.0 Å². The van der Waals surface area contributed by atoms with Crippen molar-refractivity contribution in [3.63, 3.8) is 0 Å². The van der Waals surface area contributed by atoms with E-state index in [9.17, 15) is 25.1 Å². The summed E-state index contributed by atoms with van der Waals surface area (Å²) in [6.45, 7) is 17.1. The zero-order valence-electron chi connectivity index (χ0n) is 41.3. The standard InChI is InChI=1S/C27H39N3O3.C23H37BrO3.C4H3N3.3CH4/c1-25(32)10-11-27(17-33-3)18(14-25)4-5-19-20-6-7-22(26(20,2)9-8-21(19)27)23(31)16-30-13-12-29-24(30)15-28;1-21(26)10-11-23(14-27-3)15(12-21)4-5-16-17-6-7-19(20(25)13-24)22(17,2)9-8-18(16)23;1-5-4-6-2-3-7-4;;;/h12-13,18-22,32H,4-11,14,16-17H2,1-3H3;15-19,26H,4-14H2,1-3H3;2-3H,(H,6,7);3*1H4/t18-,19-,20-,21-,22+,25+,26-,27+;15-,16-,17-,18-,19+,21+,22-,23+;;;;/m00..../s1. The third-order valence-electron chi connectivity index (χ3n) is 20.8. The van der Waals surface area contributed by atoms with Crippen LogP contribution < -0.4 is 0 Å². The van der Waals surface area contributed by atoms with E-state index < -0.39 is 11.2 Å². The second-order valence-corrected chi connectivity index (χ2v) is 24.5. The summed E-state index contributed by atoms with van der Waals surface area (Å²) in [5.41, 5.74) is -0.363. The first kappa shape index (κ1) is 58.0. The zero-order chi connectivity index (χ0) is 48.0. The molecule has 70 heavy (non-hydrogen) atoms. The van der Waals surface area contributed by atoms with Crippen LogP contribution in [-0.2, 0) is 25.6 Å². The number of carbonyl (C=O) groups is 2. The van der Waals surface area contributed by atoms with E-state index in [4.69, 9.17) is 16.0 Å². The minimum Gasteiger partial charge on any atom is -0.397 e. The molecule has 0 aliphatic heterocycles. The van der Waals surface area contributed by atoms with E-state index >= 15 is 0 Å². The first-order valence-corrected chi connectivity index (χ1v) is 26.9. The molecule has 0 spiro atoms. The van der Waals surface area contributed by atoms with Crippen LogP contribution in [0.15, 0.2) is 24.8 Å². The summed E-state index contributed by atoms with van der Waals surface area (Å²) in [5, 5.41) is 31.3. The van der Waals surface area contributed by atoms with Crippen LogP contribution in [0, 0.1) is 98.7 Å². The van der Waals surface area contributed by atoms with Gasteiger partial charge in [0.05, 0.1) is 42.5 Å². The number of aromatic amines is 1. The highest BCUT2D eigenvalue weighted by molar-refractivity contribution is 9.09. The fraction of sp³-hybridized carbons (Fsp3) is 0.825. The molecule has 8 fully saturated rings. The molecule has 2 aromatic heterocycles. The number of ether oxygens (including phenoxy) is 2. The summed E-state index contributed by atoms with van der Waals surface area (Å²) in [5.74, 6) is 6.83. The number of nitrogens with zero attached hydrogens (tertiary/aromatic N) is 5. The van der Waals surface area contributed by atoms with Gasteiger partial charge in [0.25, 0.3) is 0 Å². The maximum absolute atomic E-state index is 13.5. The molecule has 16 atom stereocenters. The van der Waals surface area contributed by atoms with Crippen molar-refractivity contribution in [1.29, 1.82) is 5.26 Å². The van der Waals surface area contributed by atoms with Crippen LogP contribution >= 0.6 is 15.9 Å². The highest BCUT2D eigenvalue weighted by Crippen LogP contribution is 2.70. The van der Waals surface area contributed by atoms with E-state index in [1.54, 1.807) is 29.4 Å². The van der Waals surface area contributed by atoms with Crippen molar-refractivity contribution < 1.29 is 29.3 Å². The van der Waals surface area contributed by atoms with Gasteiger partial charge < -0.3 is 34.1 Å². The van der Waals surface area contributed by atoms with E-state index in [0.717, 1.165) is 89.8 Å². The SMILES string of the molecule is C.C.C.COC[C@]12CC[C@@](C)(O)C[C@@H]1CC[C@H]1[C@@H]3CC[C@H](C(=O)CBr)[C@@]3(C)CC[C@@H]12.COC[C@]12CC[C@@](C)(O)C[C@@H]1CC[C@H]1[C@@H]3CC[C@H](C(=O)Cn4ccnc4C#N)[C@@]3(C)CC[C@@H]12.[C-]#[N+]c1ncc[nH]1. The van der Waals surface area contributed by atoms with Gasteiger partial charge in [0.1, 0.15) is 18.0 Å². The first-order chi connectivity index (χ1) is 31.9. The van der Waals surface area contributed by atoms with Crippen LogP contribution in [0.25, 0.3) is 4.85 Å². The second kappa shape index (κ2) is 22.7. The lowest BCUT2D eigenvalue weighted by Crippen LogP contribution is -2.58. The fourth-order valence-corrected chi connectivity index (χ4v) is 18.3. The normalized spacial score (nSPS) is 41.8. The smallest absolute Gasteiger partial charge is 0.336 e. The van der Waals surface area contributed by atoms with Crippen LogP contribution in [0.3, 0.4) is 0 Å². The van der Waals surface area contributed by atoms with Gasteiger partial charge in [-0.25, -0.2) is 4.98 Å². The van der Waals surface area contributed by atoms with Gasteiger partial charge in [-0.3, -0.25) is 9.59 Å². The van der Waals surface area contributed by atoms with E-state index in [-0.39, 0.29) is 68.1 Å². The van der Waals surface area contributed by atoms with Gasteiger partial charge in [0.2, 0.25) is 5.82 Å². The molecular formula is C57H91BrN6O6. The number of methoxy groups -OCH3 is 2. The van der Waals surface area contributed by atoms with Crippen LogP contribution in [0.5, 0.6) is 0 Å². The molecule has 8 aliphatic carbocycles. The Morgan fingerprint density at radius 1 is 0.743 bits per heavy atom. The Bertz CT molecular complexity index is 2150. The molecule has 0 saturated heterocycles. The molecule has 12 nitrogen and oxygen atoms in total. The molecule has 2 aromatic rings. The van der Waals surface area contributed by atoms with E-state index in [1.165, 1.54) is 44.9 Å². The Morgan fingerprint density at radius 3 is 1.66 bits per heavy atom. The molecule has 392 valence electrons. The van der Waals surface area contributed by atoms with Gasteiger partial charge in [-0.05, 0) is 198 Å². The van der Waals surface area contributed by atoms with Gasteiger partial charge in [0, 0.05) is 38.4 Å². The summed E-state index contributed by atoms with van der Waals surface area (Å²) in [6.07, 6.45) is 26.3. The topological polar surface area (TPSA) is 168 Å². The van der Waals surface area contributed by atoms with Crippen LogP contribution in [-0.4, -0.2) is 85.3 Å². The Morgan fingerprint density at radius 2 is 1.24 bits per heavy atom. The number of halogens is 1. The second-order valence-electron chi connectivity index (χ2n) is 24.0. The van der Waals surface area contributed by atoms with E-state index in [1.807, 2.05) is 28.1 Å². The lowest BCUT2D eigenvalue weighted by molar-refractivity contribution is -0.175. The van der Waals surface area contributed by atoms with Crippen molar-refractivity contribution in [1.82, 2.24) is 19.5 Å². The lowest BCUT2D eigenvalue weighted by atomic mass is 9.43. The predicted molar refractivity (Wildman–Crippen MR) is 280 cm³/mol. The number of alkyl halides is 1. The summed E-state index contributed by atoms with van der Waals surface area (Å²) in [6, 6.07) is 2.09. The van der Waals surface area contributed by atoms with Crippen molar-refractivity contribution in [2.24, 2.45) is 80.8 Å². The molecular weight excluding hydrogens is 945 g/mol. The molecule has 2 heterocycles. The number of imidazole rings is 2. The highest BCUT2D eigenvalue weighted by Gasteiger charge is 2.65. The molecule has 0 bridgehead atoms. The summed E-state index contributed by atoms with van der Waals surface area (Å²) < 4.78 is 13.4. The number of hydrogen-bond donors (Lipinski definition) is 3. The van der Waals surface area contributed by atoms with Crippen LogP contribution in [0.2, 0.25) is 0 Å². The Kier molecular flexibility index (Phi) is 18.8. The van der Waals surface area contributed by atoms with Crippen LogP contribution in [0.1, 0.15) is 171 Å². The number of nitriles is 1. The number of aliphatic hydroxyl groups is 2. The number of hydrogen-bond acceptors (Lipinski definition) is 9. The monoisotopic (exact) mass is 1030 g/mol. The molecule has 13 heteroatoms. The molecule has 0 aromatic carbocycles. The maximum atomic E-state index is 13.5. The van der Waals surface area contributed by atoms with Gasteiger partial charge in [-0.2, -0.15) is 10.2 Å². The summed E-state index contributed by atoms with van der Waals surface area (Å²) in [7, 11) is 3.69. The summed E-state index contributed by atoms with van der Waals surface area (Å²) in [4.78, 5) is 39.4. The maximum Gasteiger partial charge on any atom is 0.336 e. The molecule has 8 saturated carbocycles. The molecule has 8 aliphatic rings. The van der Waals surface area contributed by atoms with Crippen molar-refractivity contribution in [3.8, 4) is 6.07 Å². The number of fused-ring (bicyclic) bond motifs is 10. The number of aromatic nitrogens is 4. The highest BCUT2D eigenvalue weighted by atomic mass is 79.9. The van der Waals surface area contributed by atoms with Gasteiger partial charge in [-0.15, -0.1) is 6.57 Å². The minimum absolute atomic E-state index is 0. The van der Waals surface area contributed by atoms with Crippen molar-refractivity contribution in [2.45, 2.75) is 183 Å². The molecule has 3 N–H and O–H groups in total. The number of Topliss-reactive ketones (excluding diaryl/α,β-unsaturated/α-hetero) is 2. The summed E-state index contributed by atoms with van der Waals surface area (Å²) >= 11 is 3.43. The minimum atomic E-state index is -0.543. The fourth-order valence-electron chi connectivity index (χ4n) is 17.9. The van der Waals surface area contributed by atoms with Crippen molar-refractivity contribution >= 4 is 33.4 Å². The van der Waals surface area contributed by atoms with Crippen LogP contribution in [0.4, 0.5) is 5.95 Å². The van der Waals surface area contributed by atoms with Gasteiger partial charge in [0.15, 0.2) is 5.78 Å². The van der Waals surface area contributed by atoms with Gasteiger partial charge in [-0.1, -0.05) is 52.1 Å². The zero-order valence-corrected chi connectivity index (χ0v) is 42.9. The van der Waals surface area contributed by atoms with E-state index in [2.05, 4.69) is 55.6 Å². The average molecular weight is 1040 g/mol. The number of carbonyl (C=O) groups excluding carboxylic acids is 2. The first-order valence-electron chi connectivity index (χ1n) is 25.8. The molecule has 0 unspecified atom stereocenters. The lowest BCUT2D eigenvalue weighted by Gasteiger charge is -2.62. The third kappa shape index (κ3) is 10.4. The molecule has 10 rings (SSSR count). The predicted octanol–water partition coefficient (Wildman–Crippen LogP) is 12.2. The van der Waals surface area contributed by atoms with Crippen molar-refractivity contribution in [2.75, 3.05) is 32.8 Å². The average Bonchev–Trinajstić information content (AvgIpc) is 4.13. The largest absolute Gasteiger partial charge is 0.397 e. The quantitative estimate of drug-likeness (QED) is 0.164. The Hall–Kier alpha value is -2.94. The van der Waals surface area contributed by atoms with E-state index in [0.29, 0.717) is 64.3 Å². The Labute approximate surface area is 430 Å². The molecule has 0 radical (unpaired) electrons. The van der Waals surface area contributed by atoms with Gasteiger partial charge >= 0.3 is 5.95 Å². The number of nitrogens with one attached hydrogen (secondary N) is 1. The number of rotatable bonds is 9. The molecule has 0 amide bonds. The third-order valence-corrected chi connectivity index (χ3v) is 21.3. The number of ketones is 2. The number of H-pyrrole nitrogens is 1.